The first kappa shape index (κ1) is 15.3. The van der Waals surface area contributed by atoms with Gasteiger partial charge in [0.1, 0.15) is 5.02 Å². The van der Waals surface area contributed by atoms with Gasteiger partial charge in [-0.3, -0.25) is 20.0 Å². The van der Waals surface area contributed by atoms with Crippen LogP contribution in [0, 0.1) is 24.0 Å². The fourth-order valence-electron chi connectivity index (χ4n) is 1.62. The lowest BCUT2D eigenvalue weighted by atomic mass is 10.2. The Morgan fingerprint density at radius 1 is 1.38 bits per heavy atom. The highest BCUT2D eigenvalue weighted by molar-refractivity contribution is 6.43. The van der Waals surface area contributed by atoms with E-state index >= 15 is 0 Å². The highest BCUT2D eigenvalue weighted by atomic mass is 35.5. The zero-order valence-corrected chi connectivity index (χ0v) is 12.5. The predicted molar refractivity (Wildman–Crippen MR) is 79.1 cm³/mol. The first-order chi connectivity index (χ1) is 9.81. The van der Waals surface area contributed by atoms with Gasteiger partial charge in [-0.15, -0.1) is 0 Å². The van der Waals surface area contributed by atoms with E-state index in [4.69, 9.17) is 23.2 Å². The van der Waals surface area contributed by atoms with Crippen molar-refractivity contribution in [3.05, 3.63) is 49.1 Å². The second-order valence-corrected chi connectivity index (χ2v) is 5.11. The molecule has 0 saturated heterocycles. The summed E-state index contributed by atoms with van der Waals surface area (Å²) in [6.07, 6.45) is 0. The van der Waals surface area contributed by atoms with Crippen molar-refractivity contribution in [1.82, 2.24) is 10.2 Å². The van der Waals surface area contributed by atoms with Crippen LogP contribution in [-0.2, 0) is 0 Å². The molecule has 0 bridgehead atoms. The van der Waals surface area contributed by atoms with E-state index < -0.39 is 16.5 Å². The van der Waals surface area contributed by atoms with Crippen molar-refractivity contribution < 1.29 is 9.72 Å². The number of benzene rings is 1. The number of nitrogens with zero attached hydrogens (tertiary/aromatic N) is 2. The number of aryl methyl sites for hydroxylation is 1. The zero-order chi connectivity index (χ0) is 15.7. The summed E-state index contributed by atoms with van der Waals surface area (Å²) in [6, 6.07) is 2.33. The second kappa shape index (κ2) is 5.71. The first-order valence-corrected chi connectivity index (χ1v) is 6.53. The van der Waals surface area contributed by atoms with Crippen LogP contribution in [0.25, 0.3) is 0 Å². The summed E-state index contributed by atoms with van der Waals surface area (Å²) in [5, 5.41) is 19.8. The predicted octanol–water partition coefficient (Wildman–Crippen LogP) is 3.49. The molecule has 9 heteroatoms. The molecule has 0 saturated carbocycles. The molecule has 0 atom stereocenters. The summed E-state index contributed by atoms with van der Waals surface area (Å²) >= 11 is 11.5. The van der Waals surface area contributed by atoms with Crippen molar-refractivity contribution in [2.45, 2.75) is 13.8 Å². The smallest absolute Gasteiger partial charge is 0.290 e. The molecule has 0 unspecified atom stereocenters. The maximum atomic E-state index is 12.1. The normalized spacial score (nSPS) is 10.5. The summed E-state index contributed by atoms with van der Waals surface area (Å²) in [6.45, 7) is 3.59. The molecule has 0 radical (unpaired) electrons. The number of H-pyrrole nitrogens is 1. The van der Waals surface area contributed by atoms with Gasteiger partial charge in [-0.05, 0) is 19.9 Å². The van der Waals surface area contributed by atoms with Gasteiger partial charge in [0, 0.05) is 22.9 Å². The Balaban J connectivity index is 2.36. The molecule has 2 aromatic rings. The zero-order valence-electron chi connectivity index (χ0n) is 11.0. The van der Waals surface area contributed by atoms with Crippen LogP contribution in [-0.4, -0.2) is 21.0 Å². The van der Waals surface area contributed by atoms with Gasteiger partial charge >= 0.3 is 0 Å². The SMILES string of the molecule is Cc1[nH]nc(NC(=O)c2cc(Cl)c(Cl)c([N+](=O)[O-])c2)c1C. The Morgan fingerprint density at radius 3 is 2.57 bits per heavy atom. The number of halogens is 2. The lowest BCUT2D eigenvalue weighted by Gasteiger charge is -2.05. The quantitative estimate of drug-likeness (QED) is 0.665. The van der Waals surface area contributed by atoms with E-state index in [9.17, 15) is 14.9 Å². The van der Waals surface area contributed by atoms with Crippen molar-refractivity contribution in [2.75, 3.05) is 5.32 Å². The molecule has 0 aliphatic rings. The van der Waals surface area contributed by atoms with E-state index in [0.717, 1.165) is 17.3 Å². The van der Waals surface area contributed by atoms with Crippen LogP contribution in [0.2, 0.25) is 10.0 Å². The van der Waals surface area contributed by atoms with Crippen LogP contribution in [0.15, 0.2) is 12.1 Å². The van der Waals surface area contributed by atoms with Gasteiger partial charge in [0.2, 0.25) is 0 Å². The maximum absolute atomic E-state index is 12.1. The highest BCUT2D eigenvalue weighted by Crippen LogP contribution is 2.33. The third-order valence-corrected chi connectivity index (χ3v) is 3.74. The van der Waals surface area contributed by atoms with Crippen LogP contribution in [0.3, 0.4) is 0 Å². The fourth-order valence-corrected chi connectivity index (χ4v) is 2.02. The van der Waals surface area contributed by atoms with E-state index in [2.05, 4.69) is 15.5 Å². The topological polar surface area (TPSA) is 101 Å². The van der Waals surface area contributed by atoms with Crippen molar-refractivity contribution in [3.63, 3.8) is 0 Å². The fraction of sp³-hybridized carbons (Fsp3) is 0.167. The molecular weight excluding hydrogens is 319 g/mol. The molecule has 2 N–H and O–H groups in total. The first-order valence-electron chi connectivity index (χ1n) is 5.77. The van der Waals surface area contributed by atoms with Gasteiger partial charge in [-0.1, -0.05) is 23.2 Å². The number of hydrogen-bond donors (Lipinski definition) is 2. The number of carbonyl (C=O) groups is 1. The van der Waals surface area contributed by atoms with Gasteiger partial charge in [-0.25, -0.2) is 0 Å². The average molecular weight is 329 g/mol. The minimum atomic E-state index is -0.699. The highest BCUT2D eigenvalue weighted by Gasteiger charge is 2.21. The van der Waals surface area contributed by atoms with Gasteiger partial charge < -0.3 is 5.32 Å². The molecule has 21 heavy (non-hydrogen) atoms. The van der Waals surface area contributed by atoms with Crippen molar-refractivity contribution >= 4 is 40.6 Å². The Bertz CT molecular complexity index is 742. The molecule has 1 aromatic heterocycles. The third-order valence-electron chi connectivity index (χ3n) is 2.95. The average Bonchev–Trinajstić information content (AvgIpc) is 2.73. The van der Waals surface area contributed by atoms with Crippen LogP contribution in [0.1, 0.15) is 21.6 Å². The van der Waals surface area contributed by atoms with Crippen LogP contribution in [0.5, 0.6) is 0 Å². The number of nitro benzene ring substituents is 1. The van der Waals surface area contributed by atoms with E-state index in [1.54, 1.807) is 6.92 Å². The summed E-state index contributed by atoms with van der Waals surface area (Å²) < 4.78 is 0. The summed E-state index contributed by atoms with van der Waals surface area (Å²) in [5.41, 5.74) is 1.18. The monoisotopic (exact) mass is 328 g/mol. The van der Waals surface area contributed by atoms with Crippen molar-refractivity contribution in [2.24, 2.45) is 0 Å². The van der Waals surface area contributed by atoms with E-state index in [1.807, 2.05) is 6.92 Å². The molecule has 2 rings (SSSR count). The van der Waals surface area contributed by atoms with Gasteiger partial charge in [-0.2, -0.15) is 5.10 Å². The molecule has 0 aliphatic carbocycles. The largest absolute Gasteiger partial charge is 0.305 e. The van der Waals surface area contributed by atoms with E-state index in [-0.39, 0.29) is 15.6 Å². The number of anilines is 1. The number of hydrogen-bond acceptors (Lipinski definition) is 4. The molecule has 0 spiro atoms. The number of rotatable bonds is 3. The van der Waals surface area contributed by atoms with Gasteiger partial charge in [0.25, 0.3) is 11.6 Å². The van der Waals surface area contributed by atoms with Gasteiger partial charge in [0.05, 0.1) is 9.95 Å². The number of carbonyl (C=O) groups excluding carboxylic acids is 1. The maximum Gasteiger partial charge on any atom is 0.290 e. The minimum absolute atomic E-state index is 0.0242. The summed E-state index contributed by atoms with van der Waals surface area (Å²) in [5.74, 6) is -0.211. The lowest BCUT2D eigenvalue weighted by Crippen LogP contribution is -2.13. The second-order valence-electron chi connectivity index (χ2n) is 4.32. The lowest BCUT2D eigenvalue weighted by molar-refractivity contribution is -0.384. The number of nitrogens with one attached hydrogen (secondary N) is 2. The molecule has 7 nitrogen and oxygen atoms in total. The molecule has 0 aliphatic heterocycles. The number of amides is 1. The Morgan fingerprint density at radius 2 is 2.05 bits per heavy atom. The van der Waals surface area contributed by atoms with Gasteiger partial charge in [0.15, 0.2) is 5.82 Å². The third kappa shape index (κ3) is 2.98. The van der Waals surface area contributed by atoms with Crippen molar-refractivity contribution in [1.29, 1.82) is 0 Å². The minimum Gasteiger partial charge on any atom is -0.305 e. The van der Waals surface area contributed by atoms with Crippen LogP contribution in [0.4, 0.5) is 11.5 Å². The molecule has 1 heterocycles. The summed E-state index contributed by atoms with van der Waals surface area (Å²) in [4.78, 5) is 22.3. The summed E-state index contributed by atoms with van der Waals surface area (Å²) in [7, 11) is 0. The standard InChI is InChI=1S/C12H10Cl2N4O3/c1-5-6(2)16-17-11(5)15-12(19)7-3-8(13)10(14)9(4-7)18(20)21/h3-4H,1-2H3,(H2,15,16,17,19). The molecule has 1 aromatic carbocycles. The van der Waals surface area contributed by atoms with E-state index in [1.165, 1.54) is 6.07 Å². The molecule has 110 valence electrons. The van der Waals surface area contributed by atoms with Crippen LogP contribution >= 0.6 is 23.2 Å². The number of nitro groups is 1. The molecule has 0 fully saturated rings. The Kier molecular flexibility index (Phi) is 4.15. The Hall–Kier alpha value is -2.12. The van der Waals surface area contributed by atoms with Crippen LogP contribution < -0.4 is 5.32 Å². The number of aromatic nitrogens is 2. The Labute approximate surface area is 129 Å². The van der Waals surface area contributed by atoms with Crippen molar-refractivity contribution in [3.8, 4) is 0 Å². The molecular formula is C12H10Cl2N4O3. The molecule has 1 amide bonds. The van der Waals surface area contributed by atoms with E-state index in [0.29, 0.717) is 5.82 Å². The number of aromatic amines is 1.